The van der Waals surface area contributed by atoms with Gasteiger partial charge in [0, 0.05) is 6.07 Å². The maximum atomic E-state index is 8.65. The van der Waals surface area contributed by atoms with Gasteiger partial charge in [0.05, 0.1) is 0 Å². The van der Waals surface area contributed by atoms with E-state index < -0.39 is 0 Å². The van der Waals surface area contributed by atoms with Crippen molar-refractivity contribution in [3.8, 4) is 11.5 Å². The lowest BCUT2D eigenvalue weighted by Crippen LogP contribution is -1.61. The number of aromatic hydroxyl groups is 2. The van der Waals surface area contributed by atoms with Crippen LogP contribution >= 0.6 is 13.5 Å². The van der Waals surface area contributed by atoms with Crippen LogP contribution in [0.3, 0.4) is 0 Å². The summed E-state index contributed by atoms with van der Waals surface area (Å²) in [5.41, 5.74) is 0. The molecule has 50 valence electrons. The Morgan fingerprint density at radius 1 is 1.00 bits per heavy atom. The molecule has 9 heavy (non-hydrogen) atoms. The molecule has 0 spiro atoms. The third-order valence-corrected chi connectivity index (χ3v) is 0.830. The molecular weight excluding hydrogens is 136 g/mol. The van der Waals surface area contributed by atoms with Crippen LogP contribution in [0.2, 0.25) is 0 Å². The average Bonchev–Trinajstić information content (AvgIpc) is 1.64. The first-order chi connectivity index (χ1) is 3.79. The molecule has 0 saturated carbocycles. The van der Waals surface area contributed by atoms with Gasteiger partial charge in [0.15, 0.2) is 0 Å². The number of rotatable bonds is 0. The van der Waals surface area contributed by atoms with Crippen LogP contribution in [0.15, 0.2) is 24.3 Å². The van der Waals surface area contributed by atoms with Crippen molar-refractivity contribution in [1.82, 2.24) is 0 Å². The van der Waals surface area contributed by atoms with Crippen molar-refractivity contribution in [2.75, 3.05) is 0 Å². The van der Waals surface area contributed by atoms with Gasteiger partial charge < -0.3 is 10.2 Å². The van der Waals surface area contributed by atoms with Crippen LogP contribution < -0.4 is 0 Å². The summed E-state index contributed by atoms with van der Waals surface area (Å²) in [6.07, 6.45) is 0. The van der Waals surface area contributed by atoms with Crippen LogP contribution in [0, 0.1) is 0 Å². The molecule has 0 aliphatic rings. The lowest BCUT2D eigenvalue weighted by atomic mass is 10.3. The highest BCUT2D eigenvalue weighted by atomic mass is 32.1. The Balaban J connectivity index is 0.000000640. The highest BCUT2D eigenvalue weighted by Gasteiger charge is 1.85. The Morgan fingerprint density at radius 3 is 1.67 bits per heavy atom. The van der Waals surface area contributed by atoms with Crippen LogP contribution in [0.25, 0.3) is 0 Å². The van der Waals surface area contributed by atoms with Crippen molar-refractivity contribution in [3.63, 3.8) is 0 Å². The molecule has 0 aromatic heterocycles. The molecule has 2 N–H and O–H groups in total. The van der Waals surface area contributed by atoms with E-state index in [1.807, 2.05) is 0 Å². The van der Waals surface area contributed by atoms with E-state index in [1.54, 1.807) is 6.07 Å². The molecule has 0 aliphatic carbocycles. The summed E-state index contributed by atoms with van der Waals surface area (Å²) < 4.78 is 0. The van der Waals surface area contributed by atoms with Gasteiger partial charge in [0.25, 0.3) is 0 Å². The third-order valence-electron chi connectivity index (χ3n) is 0.830. The zero-order valence-corrected chi connectivity index (χ0v) is 5.70. The number of hydrogen-bond donors (Lipinski definition) is 2. The SMILES string of the molecule is Oc1cccc(O)c1.S. The quantitative estimate of drug-likeness (QED) is 0.574. The van der Waals surface area contributed by atoms with E-state index in [2.05, 4.69) is 0 Å². The van der Waals surface area contributed by atoms with Gasteiger partial charge in [-0.05, 0) is 12.1 Å². The average molecular weight is 144 g/mol. The van der Waals surface area contributed by atoms with E-state index >= 15 is 0 Å². The van der Waals surface area contributed by atoms with Crippen molar-refractivity contribution < 1.29 is 10.2 Å². The zero-order valence-electron chi connectivity index (χ0n) is 4.70. The summed E-state index contributed by atoms with van der Waals surface area (Å²) in [5, 5.41) is 17.3. The maximum Gasteiger partial charge on any atom is 0.119 e. The van der Waals surface area contributed by atoms with Crippen molar-refractivity contribution in [2.24, 2.45) is 0 Å². The largest absolute Gasteiger partial charge is 0.508 e. The maximum absolute atomic E-state index is 8.65. The van der Waals surface area contributed by atoms with Crippen LogP contribution in [0.5, 0.6) is 11.5 Å². The van der Waals surface area contributed by atoms with Gasteiger partial charge in [-0.3, -0.25) is 0 Å². The second-order valence-electron chi connectivity index (χ2n) is 1.52. The van der Waals surface area contributed by atoms with Gasteiger partial charge in [-0.2, -0.15) is 13.5 Å². The van der Waals surface area contributed by atoms with E-state index in [-0.39, 0.29) is 25.0 Å². The van der Waals surface area contributed by atoms with E-state index in [9.17, 15) is 0 Å². The monoisotopic (exact) mass is 144 g/mol. The number of hydrogen-bond acceptors (Lipinski definition) is 2. The fraction of sp³-hybridized carbons (Fsp3) is 0. The Kier molecular flexibility index (Phi) is 2.95. The molecule has 0 heterocycles. The Morgan fingerprint density at radius 2 is 1.44 bits per heavy atom. The molecule has 0 amide bonds. The lowest BCUT2D eigenvalue weighted by Gasteiger charge is -1.89. The van der Waals surface area contributed by atoms with E-state index in [4.69, 9.17) is 10.2 Å². The van der Waals surface area contributed by atoms with Gasteiger partial charge in [-0.25, -0.2) is 0 Å². The lowest BCUT2D eigenvalue weighted by molar-refractivity contribution is 0.450. The van der Waals surface area contributed by atoms with Gasteiger partial charge >= 0.3 is 0 Å². The van der Waals surface area contributed by atoms with Crippen molar-refractivity contribution in [3.05, 3.63) is 24.3 Å². The number of phenols is 2. The summed E-state index contributed by atoms with van der Waals surface area (Å²) in [6, 6.07) is 5.85. The zero-order chi connectivity index (χ0) is 5.98. The summed E-state index contributed by atoms with van der Waals surface area (Å²) >= 11 is 0. The predicted octanol–water partition coefficient (Wildman–Crippen LogP) is 1.21. The first kappa shape index (κ1) is 8.17. The first-order valence-electron chi connectivity index (χ1n) is 2.27. The fourth-order valence-electron chi connectivity index (χ4n) is 0.493. The molecule has 0 atom stereocenters. The number of benzene rings is 1. The topological polar surface area (TPSA) is 40.5 Å². The van der Waals surface area contributed by atoms with Crippen LogP contribution in [-0.2, 0) is 0 Å². The van der Waals surface area contributed by atoms with Crippen LogP contribution in [-0.4, -0.2) is 10.2 Å². The van der Waals surface area contributed by atoms with Crippen molar-refractivity contribution in [2.45, 2.75) is 0 Å². The van der Waals surface area contributed by atoms with Gasteiger partial charge in [-0.15, -0.1) is 0 Å². The molecule has 0 bridgehead atoms. The molecular formula is C6H8O2S. The molecule has 1 aromatic carbocycles. The Bertz CT molecular complexity index is 171. The minimum atomic E-state index is 0. The summed E-state index contributed by atoms with van der Waals surface area (Å²) in [4.78, 5) is 0. The van der Waals surface area contributed by atoms with Gasteiger partial charge in [0.2, 0.25) is 0 Å². The summed E-state index contributed by atoms with van der Waals surface area (Å²) in [7, 11) is 0. The smallest absolute Gasteiger partial charge is 0.119 e. The van der Waals surface area contributed by atoms with Gasteiger partial charge in [0.1, 0.15) is 11.5 Å². The fourth-order valence-corrected chi connectivity index (χ4v) is 0.493. The molecule has 0 unspecified atom stereocenters. The minimum absolute atomic E-state index is 0. The normalized spacial score (nSPS) is 8.00. The van der Waals surface area contributed by atoms with Crippen LogP contribution in [0.4, 0.5) is 0 Å². The summed E-state index contributed by atoms with van der Waals surface area (Å²) in [6.45, 7) is 0. The van der Waals surface area contributed by atoms with E-state index in [1.165, 1.54) is 18.2 Å². The Labute approximate surface area is 60.2 Å². The predicted molar refractivity (Wildman–Crippen MR) is 40.2 cm³/mol. The van der Waals surface area contributed by atoms with E-state index in [0.29, 0.717) is 0 Å². The highest BCUT2D eigenvalue weighted by Crippen LogP contribution is 2.14. The molecule has 0 aliphatic heterocycles. The first-order valence-corrected chi connectivity index (χ1v) is 2.27. The molecule has 1 rings (SSSR count). The summed E-state index contributed by atoms with van der Waals surface area (Å²) in [5.74, 6) is 0.176. The van der Waals surface area contributed by atoms with E-state index in [0.717, 1.165) is 0 Å². The molecule has 2 nitrogen and oxygen atoms in total. The highest BCUT2D eigenvalue weighted by molar-refractivity contribution is 7.59. The van der Waals surface area contributed by atoms with Crippen LogP contribution in [0.1, 0.15) is 0 Å². The van der Waals surface area contributed by atoms with Crippen molar-refractivity contribution in [1.29, 1.82) is 0 Å². The minimum Gasteiger partial charge on any atom is -0.508 e. The standard InChI is InChI=1S/C6H6O2.H2S/c7-5-2-1-3-6(8)4-5;/h1-4,7-8H;1H2. The van der Waals surface area contributed by atoms with Crippen molar-refractivity contribution >= 4 is 13.5 Å². The number of phenolic OH excluding ortho intramolecular Hbond substituents is 2. The second-order valence-corrected chi connectivity index (χ2v) is 1.52. The second kappa shape index (κ2) is 3.25. The molecule has 0 saturated heterocycles. The Hall–Kier alpha value is -0.830. The molecule has 1 aromatic rings. The third kappa shape index (κ3) is 2.28. The molecule has 0 fully saturated rings. The molecule has 0 radical (unpaired) electrons. The molecule has 3 heteroatoms. The van der Waals surface area contributed by atoms with Gasteiger partial charge in [-0.1, -0.05) is 6.07 Å².